The summed E-state index contributed by atoms with van der Waals surface area (Å²) in [6.07, 6.45) is 1.45. The Hall–Kier alpha value is -3.45. The highest BCUT2D eigenvalue weighted by Gasteiger charge is 2.18. The van der Waals surface area contributed by atoms with E-state index in [4.69, 9.17) is 20.8 Å². The van der Waals surface area contributed by atoms with Crippen molar-refractivity contribution in [2.45, 2.75) is 6.54 Å². The molecule has 0 fully saturated rings. The number of hydrogen-bond donors (Lipinski definition) is 0. The molecule has 4 rings (SSSR count). The minimum atomic E-state index is -0.619. The van der Waals surface area contributed by atoms with E-state index in [1.165, 1.54) is 18.1 Å². The Bertz CT molecular complexity index is 1230. The van der Waals surface area contributed by atoms with Gasteiger partial charge in [-0.2, -0.15) is 5.10 Å². The zero-order valence-electron chi connectivity index (χ0n) is 14.8. The van der Waals surface area contributed by atoms with E-state index in [1.54, 1.807) is 48.5 Å². The molecule has 8 heteroatoms. The van der Waals surface area contributed by atoms with E-state index in [-0.39, 0.29) is 17.8 Å². The number of methoxy groups -OCH3 is 1. The Morgan fingerprint density at radius 3 is 2.57 bits per heavy atom. The van der Waals surface area contributed by atoms with Gasteiger partial charge in [0.1, 0.15) is 12.0 Å². The summed E-state index contributed by atoms with van der Waals surface area (Å²) in [7, 11) is 1.27. The maximum Gasteiger partial charge on any atom is 0.359 e. The topological polar surface area (TPSA) is 87.2 Å². The predicted molar refractivity (Wildman–Crippen MR) is 103 cm³/mol. The van der Waals surface area contributed by atoms with Gasteiger partial charge in [-0.3, -0.25) is 4.79 Å². The molecule has 4 aromatic rings. The number of rotatable bonds is 4. The summed E-state index contributed by atoms with van der Waals surface area (Å²) >= 11 is 5.89. The van der Waals surface area contributed by atoms with Gasteiger partial charge in [-0.25, -0.2) is 14.5 Å². The lowest BCUT2D eigenvalue weighted by molar-refractivity contribution is 0.0593. The Morgan fingerprint density at radius 1 is 1.14 bits per heavy atom. The molecule has 0 saturated carbocycles. The van der Waals surface area contributed by atoms with Crippen molar-refractivity contribution >= 4 is 28.3 Å². The molecular weight excluding hydrogens is 382 g/mol. The minimum absolute atomic E-state index is 0.0464. The first-order chi connectivity index (χ1) is 13.6. The van der Waals surface area contributed by atoms with Crippen molar-refractivity contribution in [2.75, 3.05) is 7.11 Å². The SMILES string of the molecule is COC(=O)c1nn(Cc2coc(-c3ccc(Cl)cc3)n2)c(=O)c2ccccc12. The van der Waals surface area contributed by atoms with E-state index < -0.39 is 5.97 Å². The molecule has 0 amide bonds. The number of carbonyl (C=O) groups is 1. The Balaban J connectivity index is 1.74. The monoisotopic (exact) mass is 395 g/mol. The van der Waals surface area contributed by atoms with Gasteiger partial charge in [0.25, 0.3) is 5.56 Å². The second-order valence-electron chi connectivity index (χ2n) is 6.00. The Kier molecular flexibility index (Phi) is 4.67. The molecule has 140 valence electrons. The molecule has 0 aliphatic heterocycles. The third kappa shape index (κ3) is 3.27. The summed E-state index contributed by atoms with van der Waals surface area (Å²) < 4.78 is 11.5. The van der Waals surface area contributed by atoms with Gasteiger partial charge in [-0.05, 0) is 30.3 Å². The number of oxazole rings is 1. The van der Waals surface area contributed by atoms with Crippen LogP contribution in [0.2, 0.25) is 5.02 Å². The molecule has 0 radical (unpaired) electrons. The van der Waals surface area contributed by atoms with Crippen LogP contribution in [0.5, 0.6) is 0 Å². The number of benzene rings is 2. The molecule has 0 unspecified atom stereocenters. The fourth-order valence-corrected chi connectivity index (χ4v) is 2.97. The Labute approximate surface area is 164 Å². The molecule has 0 atom stereocenters. The number of nitrogens with zero attached hydrogens (tertiary/aromatic N) is 3. The molecule has 0 spiro atoms. The summed E-state index contributed by atoms with van der Waals surface area (Å²) in [5, 5.41) is 5.62. The van der Waals surface area contributed by atoms with E-state index in [1.807, 2.05) is 0 Å². The van der Waals surface area contributed by atoms with Gasteiger partial charge in [-0.15, -0.1) is 0 Å². The summed E-state index contributed by atoms with van der Waals surface area (Å²) in [6, 6.07) is 13.8. The van der Waals surface area contributed by atoms with Gasteiger partial charge in [-0.1, -0.05) is 29.8 Å². The summed E-state index contributed by atoms with van der Waals surface area (Å²) in [5.41, 5.74) is 0.980. The van der Waals surface area contributed by atoms with Crippen LogP contribution in [0.4, 0.5) is 0 Å². The van der Waals surface area contributed by atoms with Crippen molar-refractivity contribution in [3.8, 4) is 11.5 Å². The normalized spacial score (nSPS) is 10.9. The molecule has 0 aliphatic carbocycles. The first-order valence-electron chi connectivity index (χ1n) is 8.35. The van der Waals surface area contributed by atoms with Gasteiger partial charge in [0.2, 0.25) is 5.89 Å². The highest BCUT2D eigenvalue weighted by Crippen LogP contribution is 2.21. The van der Waals surface area contributed by atoms with E-state index in [0.717, 1.165) is 5.56 Å². The van der Waals surface area contributed by atoms with E-state index in [0.29, 0.717) is 27.4 Å². The van der Waals surface area contributed by atoms with Gasteiger partial charge >= 0.3 is 5.97 Å². The van der Waals surface area contributed by atoms with Crippen molar-refractivity contribution < 1.29 is 13.9 Å². The maximum absolute atomic E-state index is 12.8. The lowest BCUT2D eigenvalue weighted by atomic mass is 10.1. The highest BCUT2D eigenvalue weighted by molar-refractivity contribution is 6.30. The molecule has 7 nitrogen and oxygen atoms in total. The molecule has 0 N–H and O–H groups in total. The molecule has 2 aromatic carbocycles. The average molecular weight is 396 g/mol. The van der Waals surface area contributed by atoms with Gasteiger partial charge in [0.15, 0.2) is 5.69 Å². The van der Waals surface area contributed by atoms with Crippen LogP contribution in [0.15, 0.2) is 64.0 Å². The molecule has 0 bridgehead atoms. The van der Waals surface area contributed by atoms with Crippen LogP contribution >= 0.6 is 11.6 Å². The van der Waals surface area contributed by atoms with Gasteiger partial charge < -0.3 is 9.15 Å². The summed E-state index contributed by atoms with van der Waals surface area (Å²) in [6.45, 7) is 0.0464. The molecule has 0 aliphatic rings. The van der Waals surface area contributed by atoms with Crippen LogP contribution in [0.25, 0.3) is 22.2 Å². The second-order valence-corrected chi connectivity index (χ2v) is 6.44. The molecule has 2 heterocycles. The Morgan fingerprint density at radius 2 is 1.86 bits per heavy atom. The van der Waals surface area contributed by atoms with Gasteiger partial charge in [0, 0.05) is 16.0 Å². The molecule has 0 saturated heterocycles. The third-order valence-corrected chi connectivity index (χ3v) is 4.45. The standard InChI is InChI=1S/C20H14ClN3O4/c1-27-20(26)17-15-4-2-3-5-16(15)19(25)24(23-17)10-14-11-28-18(22-14)12-6-8-13(21)9-7-12/h2-9,11H,10H2,1H3. The number of hydrogen-bond acceptors (Lipinski definition) is 6. The van der Waals surface area contributed by atoms with Crippen LogP contribution in [0.1, 0.15) is 16.2 Å². The predicted octanol–water partition coefficient (Wildman–Crippen LogP) is 3.54. The zero-order chi connectivity index (χ0) is 19.7. The number of esters is 1. The number of fused-ring (bicyclic) bond motifs is 1. The fourth-order valence-electron chi connectivity index (χ4n) is 2.85. The van der Waals surface area contributed by atoms with Crippen LogP contribution in [-0.2, 0) is 11.3 Å². The lowest BCUT2D eigenvalue weighted by Crippen LogP contribution is -2.27. The van der Waals surface area contributed by atoms with Crippen molar-refractivity contribution in [3.63, 3.8) is 0 Å². The van der Waals surface area contributed by atoms with E-state index in [2.05, 4.69) is 10.1 Å². The molecular formula is C20H14ClN3O4. The minimum Gasteiger partial charge on any atom is -0.464 e. The smallest absolute Gasteiger partial charge is 0.359 e. The first-order valence-corrected chi connectivity index (χ1v) is 8.73. The van der Waals surface area contributed by atoms with E-state index in [9.17, 15) is 9.59 Å². The second kappa shape index (κ2) is 7.28. The largest absolute Gasteiger partial charge is 0.464 e. The highest BCUT2D eigenvalue weighted by atomic mass is 35.5. The van der Waals surface area contributed by atoms with E-state index >= 15 is 0 Å². The lowest BCUT2D eigenvalue weighted by Gasteiger charge is -2.08. The first kappa shape index (κ1) is 17.9. The molecule has 2 aromatic heterocycles. The van der Waals surface area contributed by atoms with Crippen molar-refractivity contribution in [1.29, 1.82) is 0 Å². The van der Waals surface area contributed by atoms with Crippen molar-refractivity contribution in [1.82, 2.24) is 14.8 Å². The maximum atomic E-state index is 12.8. The number of ether oxygens (including phenoxy) is 1. The number of halogens is 1. The quantitative estimate of drug-likeness (QED) is 0.491. The zero-order valence-corrected chi connectivity index (χ0v) is 15.5. The van der Waals surface area contributed by atoms with Crippen LogP contribution in [-0.4, -0.2) is 27.8 Å². The van der Waals surface area contributed by atoms with Crippen LogP contribution in [0.3, 0.4) is 0 Å². The molecule has 28 heavy (non-hydrogen) atoms. The number of aromatic nitrogens is 3. The number of carbonyl (C=O) groups excluding carboxylic acids is 1. The van der Waals surface area contributed by atoms with Crippen molar-refractivity contribution in [2.24, 2.45) is 0 Å². The average Bonchev–Trinajstić information content (AvgIpc) is 3.18. The summed E-state index contributed by atoms with van der Waals surface area (Å²) in [4.78, 5) is 29.3. The third-order valence-electron chi connectivity index (χ3n) is 4.20. The van der Waals surface area contributed by atoms with Crippen LogP contribution in [0, 0.1) is 0 Å². The van der Waals surface area contributed by atoms with Crippen LogP contribution < -0.4 is 5.56 Å². The van der Waals surface area contributed by atoms with Gasteiger partial charge in [0.05, 0.1) is 19.0 Å². The summed E-state index contributed by atoms with van der Waals surface area (Å²) in [5.74, 6) is -0.222. The fraction of sp³-hybridized carbons (Fsp3) is 0.100. The van der Waals surface area contributed by atoms with Crippen molar-refractivity contribution in [3.05, 3.63) is 81.6 Å².